The van der Waals surface area contributed by atoms with Crippen LogP contribution in [-0.4, -0.2) is 25.5 Å². The molecular formula is C17H17IN2O4. The minimum absolute atomic E-state index is 0.189. The zero-order chi connectivity index (χ0) is 17.5. The van der Waals surface area contributed by atoms with Crippen LogP contribution in [0.2, 0.25) is 0 Å². The van der Waals surface area contributed by atoms with Crippen LogP contribution in [0.5, 0.6) is 11.5 Å². The smallest absolute Gasteiger partial charge is 0.276 e. The van der Waals surface area contributed by atoms with E-state index < -0.39 is 11.8 Å². The Balaban J connectivity index is 1.84. The van der Waals surface area contributed by atoms with Gasteiger partial charge in [0, 0.05) is 5.56 Å². The molecule has 0 heterocycles. The van der Waals surface area contributed by atoms with Gasteiger partial charge in [-0.3, -0.25) is 20.4 Å². The van der Waals surface area contributed by atoms with Gasteiger partial charge in [0.25, 0.3) is 11.8 Å². The number of aryl methyl sites for hydroxylation is 1. The second-order valence-corrected chi connectivity index (χ2v) is 6.07. The maximum Gasteiger partial charge on any atom is 0.276 e. The van der Waals surface area contributed by atoms with Crippen molar-refractivity contribution in [2.24, 2.45) is 0 Å². The van der Waals surface area contributed by atoms with Gasteiger partial charge in [0.15, 0.2) is 6.61 Å². The molecule has 0 aromatic heterocycles. The first-order valence-electron chi connectivity index (χ1n) is 7.12. The van der Waals surface area contributed by atoms with Gasteiger partial charge in [-0.25, -0.2) is 0 Å². The van der Waals surface area contributed by atoms with Crippen LogP contribution in [0.3, 0.4) is 0 Å². The van der Waals surface area contributed by atoms with Crippen LogP contribution in [0.1, 0.15) is 15.9 Å². The molecule has 0 aliphatic carbocycles. The number of halogens is 1. The van der Waals surface area contributed by atoms with E-state index in [4.69, 9.17) is 9.47 Å². The number of benzene rings is 2. The highest BCUT2D eigenvalue weighted by molar-refractivity contribution is 14.1. The van der Waals surface area contributed by atoms with E-state index in [2.05, 4.69) is 33.4 Å². The first kappa shape index (κ1) is 18.1. The van der Waals surface area contributed by atoms with Crippen molar-refractivity contribution < 1.29 is 19.1 Å². The lowest BCUT2D eigenvalue weighted by atomic mass is 10.2. The quantitative estimate of drug-likeness (QED) is 0.554. The molecule has 2 N–H and O–H groups in total. The Hall–Kier alpha value is -2.29. The van der Waals surface area contributed by atoms with E-state index >= 15 is 0 Å². The SMILES string of the molecule is COc1ccc(C(=O)NNC(=O)COc2ccccc2C)cc1I. The lowest BCUT2D eigenvalue weighted by Crippen LogP contribution is -2.43. The zero-order valence-corrected chi connectivity index (χ0v) is 15.4. The Morgan fingerprint density at radius 2 is 1.83 bits per heavy atom. The molecule has 0 atom stereocenters. The maximum atomic E-state index is 12.0. The van der Waals surface area contributed by atoms with Crippen molar-refractivity contribution in [2.45, 2.75) is 6.92 Å². The summed E-state index contributed by atoms with van der Waals surface area (Å²) in [6.07, 6.45) is 0. The lowest BCUT2D eigenvalue weighted by Gasteiger charge is -2.11. The van der Waals surface area contributed by atoms with Crippen molar-refractivity contribution in [3.05, 3.63) is 57.2 Å². The number of rotatable bonds is 5. The second-order valence-electron chi connectivity index (χ2n) is 4.91. The molecule has 126 valence electrons. The third kappa shape index (κ3) is 4.85. The fourth-order valence-electron chi connectivity index (χ4n) is 1.90. The fourth-order valence-corrected chi connectivity index (χ4v) is 2.64. The van der Waals surface area contributed by atoms with E-state index in [1.807, 2.05) is 25.1 Å². The number of nitrogens with one attached hydrogen (secondary N) is 2. The Labute approximate surface area is 153 Å². The summed E-state index contributed by atoms with van der Waals surface area (Å²) in [4.78, 5) is 23.8. The molecule has 24 heavy (non-hydrogen) atoms. The third-order valence-corrected chi connectivity index (χ3v) is 4.02. The van der Waals surface area contributed by atoms with Gasteiger partial charge in [-0.2, -0.15) is 0 Å². The highest BCUT2D eigenvalue weighted by Gasteiger charge is 2.10. The van der Waals surface area contributed by atoms with Gasteiger partial charge in [-0.1, -0.05) is 18.2 Å². The number of carbonyl (C=O) groups excluding carboxylic acids is 2. The van der Waals surface area contributed by atoms with Crippen molar-refractivity contribution in [2.75, 3.05) is 13.7 Å². The van der Waals surface area contributed by atoms with Crippen molar-refractivity contribution in [3.63, 3.8) is 0 Å². The van der Waals surface area contributed by atoms with Crippen LogP contribution in [0, 0.1) is 10.5 Å². The summed E-state index contributed by atoms with van der Waals surface area (Å²) >= 11 is 2.07. The lowest BCUT2D eigenvalue weighted by molar-refractivity contribution is -0.123. The highest BCUT2D eigenvalue weighted by Crippen LogP contribution is 2.21. The average molecular weight is 440 g/mol. The molecule has 0 saturated heterocycles. The molecule has 0 spiro atoms. The van der Waals surface area contributed by atoms with E-state index in [0.29, 0.717) is 17.1 Å². The van der Waals surface area contributed by atoms with Gasteiger partial charge >= 0.3 is 0 Å². The molecule has 2 rings (SSSR count). The Morgan fingerprint density at radius 3 is 2.50 bits per heavy atom. The summed E-state index contributed by atoms with van der Waals surface area (Å²) in [7, 11) is 1.56. The largest absolute Gasteiger partial charge is 0.496 e. The number of ether oxygens (including phenoxy) is 2. The van der Waals surface area contributed by atoms with E-state index in [1.54, 1.807) is 31.4 Å². The highest BCUT2D eigenvalue weighted by atomic mass is 127. The number of hydrogen-bond acceptors (Lipinski definition) is 4. The summed E-state index contributed by atoms with van der Waals surface area (Å²) in [6, 6.07) is 12.4. The number of para-hydroxylation sites is 1. The number of hydrazine groups is 1. The van der Waals surface area contributed by atoms with E-state index in [9.17, 15) is 9.59 Å². The van der Waals surface area contributed by atoms with Gasteiger partial charge in [-0.05, 0) is 59.3 Å². The van der Waals surface area contributed by atoms with Crippen molar-refractivity contribution in [1.82, 2.24) is 10.9 Å². The molecule has 2 aromatic rings. The predicted molar refractivity (Wildman–Crippen MR) is 98.0 cm³/mol. The molecular weight excluding hydrogens is 423 g/mol. The Morgan fingerprint density at radius 1 is 1.08 bits per heavy atom. The van der Waals surface area contributed by atoms with Crippen LogP contribution in [-0.2, 0) is 4.79 Å². The van der Waals surface area contributed by atoms with Gasteiger partial charge < -0.3 is 9.47 Å². The first-order valence-corrected chi connectivity index (χ1v) is 8.20. The molecule has 0 bridgehead atoms. The molecule has 2 aromatic carbocycles. The molecule has 0 unspecified atom stereocenters. The predicted octanol–water partition coefficient (Wildman–Crippen LogP) is 2.45. The molecule has 0 aliphatic heterocycles. The van der Waals surface area contributed by atoms with Gasteiger partial charge in [-0.15, -0.1) is 0 Å². The summed E-state index contributed by atoms with van der Waals surface area (Å²) in [5.41, 5.74) is 6.02. The normalized spacial score (nSPS) is 9.96. The standard InChI is InChI=1S/C17H17IN2O4/c1-11-5-3-4-6-14(11)24-10-16(21)19-20-17(22)12-7-8-15(23-2)13(18)9-12/h3-9H,10H2,1-2H3,(H,19,21)(H,20,22). The summed E-state index contributed by atoms with van der Waals surface area (Å²) < 4.78 is 11.3. The minimum atomic E-state index is -0.449. The van der Waals surface area contributed by atoms with Crippen molar-refractivity contribution in [1.29, 1.82) is 0 Å². The monoisotopic (exact) mass is 440 g/mol. The van der Waals surface area contributed by atoms with Gasteiger partial charge in [0.1, 0.15) is 11.5 Å². The molecule has 0 radical (unpaired) electrons. The Bertz CT molecular complexity index is 749. The van der Waals surface area contributed by atoms with Crippen LogP contribution < -0.4 is 20.3 Å². The number of carbonyl (C=O) groups is 2. The summed E-state index contributed by atoms with van der Waals surface area (Å²) in [5.74, 6) is 0.445. The van der Waals surface area contributed by atoms with Crippen LogP contribution in [0.15, 0.2) is 42.5 Å². The second kappa shape index (κ2) is 8.53. The topological polar surface area (TPSA) is 76.7 Å². The number of amides is 2. The molecule has 0 saturated carbocycles. The molecule has 0 fully saturated rings. The molecule has 7 heteroatoms. The van der Waals surface area contributed by atoms with Gasteiger partial charge in [0.2, 0.25) is 0 Å². The zero-order valence-electron chi connectivity index (χ0n) is 13.3. The number of methoxy groups -OCH3 is 1. The van der Waals surface area contributed by atoms with Crippen LogP contribution >= 0.6 is 22.6 Å². The molecule has 6 nitrogen and oxygen atoms in total. The maximum absolute atomic E-state index is 12.0. The summed E-state index contributed by atoms with van der Waals surface area (Å²) in [5, 5.41) is 0. The first-order chi connectivity index (χ1) is 11.5. The Kier molecular flexibility index (Phi) is 6.42. The average Bonchev–Trinajstić information content (AvgIpc) is 2.58. The van der Waals surface area contributed by atoms with Crippen molar-refractivity contribution >= 4 is 34.4 Å². The van der Waals surface area contributed by atoms with Crippen molar-refractivity contribution in [3.8, 4) is 11.5 Å². The van der Waals surface area contributed by atoms with Crippen LogP contribution in [0.4, 0.5) is 0 Å². The number of hydrogen-bond donors (Lipinski definition) is 2. The summed E-state index contributed by atoms with van der Waals surface area (Å²) in [6.45, 7) is 1.70. The van der Waals surface area contributed by atoms with Crippen LogP contribution in [0.25, 0.3) is 0 Å². The van der Waals surface area contributed by atoms with Gasteiger partial charge in [0.05, 0.1) is 10.7 Å². The third-order valence-electron chi connectivity index (χ3n) is 3.18. The molecule has 0 aliphatic rings. The molecule has 2 amide bonds. The minimum Gasteiger partial charge on any atom is -0.496 e. The van der Waals surface area contributed by atoms with E-state index in [1.165, 1.54) is 0 Å². The fraction of sp³-hybridized carbons (Fsp3) is 0.176. The van der Waals surface area contributed by atoms with E-state index in [0.717, 1.165) is 9.13 Å². The van der Waals surface area contributed by atoms with E-state index in [-0.39, 0.29) is 6.61 Å².